The van der Waals surface area contributed by atoms with E-state index in [1.165, 1.54) is 11.3 Å². The Morgan fingerprint density at radius 1 is 1.32 bits per heavy atom. The molecule has 1 aliphatic heterocycles. The van der Waals surface area contributed by atoms with E-state index >= 15 is 0 Å². The van der Waals surface area contributed by atoms with Gasteiger partial charge in [-0.25, -0.2) is 4.79 Å². The molecule has 2 amide bonds. The zero-order chi connectivity index (χ0) is 20.1. The largest absolute Gasteiger partial charge is 0.325 e. The second-order valence-electron chi connectivity index (χ2n) is 6.45. The highest BCUT2D eigenvalue weighted by molar-refractivity contribution is 8.01. The van der Waals surface area contributed by atoms with Crippen LogP contribution in [0, 0.1) is 11.3 Å². The van der Waals surface area contributed by atoms with Gasteiger partial charge in [0.15, 0.2) is 4.34 Å². The molecule has 0 saturated carbocycles. The van der Waals surface area contributed by atoms with Crippen molar-refractivity contribution in [2.45, 2.75) is 35.9 Å². The highest BCUT2D eigenvalue weighted by Gasteiger charge is 2.29. The second-order valence-corrected chi connectivity index (χ2v) is 8.98. The molecule has 0 radical (unpaired) electrons. The predicted octanol–water partition coefficient (Wildman–Crippen LogP) is 3.20. The van der Waals surface area contributed by atoms with Crippen LogP contribution >= 0.6 is 23.1 Å². The lowest BCUT2D eigenvalue weighted by atomic mass is 10.2. The average Bonchev–Trinajstić information content (AvgIpc) is 3.31. The van der Waals surface area contributed by atoms with E-state index in [4.69, 9.17) is 5.26 Å². The van der Waals surface area contributed by atoms with Crippen molar-refractivity contribution in [3.8, 4) is 6.07 Å². The molecule has 2 unspecified atom stereocenters. The number of nitrogens with zero attached hydrogens (tertiary/aromatic N) is 4. The molecular formula is C18H20N6O2S2. The van der Waals surface area contributed by atoms with E-state index in [1.807, 2.05) is 13.0 Å². The molecule has 1 saturated heterocycles. The number of thioether (sulfide) groups is 1. The molecule has 1 aromatic carbocycles. The van der Waals surface area contributed by atoms with Crippen molar-refractivity contribution in [2.24, 2.45) is 0 Å². The highest BCUT2D eigenvalue weighted by atomic mass is 32.2. The maximum Gasteiger partial charge on any atom is 0.325 e. The molecular weight excluding hydrogens is 396 g/mol. The van der Waals surface area contributed by atoms with Gasteiger partial charge in [0, 0.05) is 24.0 Å². The van der Waals surface area contributed by atoms with Crippen LogP contribution in [-0.4, -0.2) is 51.3 Å². The van der Waals surface area contributed by atoms with E-state index in [0.29, 0.717) is 21.6 Å². The van der Waals surface area contributed by atoms with E-state index in [1.54, 1.807) is 43.0 Å². The van der Waals surface area contributed by atoms with Gasteiger partial charge >= 0.3 is 6.03 Å². The fourth-order valence-corrected chi connectivity index (χ4v) is 4.97. The third-order valence-electron chi connectivity index (χ3n) is 4.48. The zero-order valence-electron chi connectivity index (χ0n) is 15.5. The van der Waals surface area contributed by atoms with Gasteiger partial charge < -0.3 is 5.32 Å². The van der Waals surface area contributed by atoms with Crippen molar-refractivity contribution in [2.75, 3.05) is 23.7 Å². The van der Waals surface area contributed by atoms with Gasteiger partial charge in [0.1, 0.15) is 5.78 Å². The molecule has 2 heterocycles. The van der Waals surface area contributed by atoms with Crippen molar-refractivity contribution >= 4 is 45.7 Å². The van der Waals surface area contributed by atoms with Crippen LogP contribution in [0.5, 0.6) is 0 Å². The summed E-state index contributed by atoms with van der Waals surface area (Å²) in [5.41, 5.74) is 1.11. The van der Waals surface area contributed by atoms with Crippen molar-refractivity contribution in [1.29, 1.82) is 5.26 Å². The Morgan fingerprint density at radius 3 is 2.75 bits per heavy atom. The first kappa shape index (κ1) is 20.3. The third-order valence-corrected chi connectivity index (χ3v) is 6.65. The number of benzene rings is 1. The van der Waals surface area contributed by atoms with Crippen LogP contribution in [0.15, 0.2) is 28.6 Å². The fourth-order valence-electron chi connectivity index (χ4n) is 2.80. The Hall–Kier alpha value is -2.48. The van der Waals surface area contributed by atoms with Crippen molar-refractivity contribution in [1.82, 2.24) is 15.1 Å². The Morgan fingerprint density at radius 2 is 2.07 bits per heavy atom. The van der Waals surface area contributed by atoms with Crippen molar-refractivity contribution in [3.05, 3.63) is 29.8 Å². The number of nitriles is 1. The van der Waals surface area contributed by atoms with Gasteiger partial charge in [-0.05, 0) is 44.5 Å². The number of nitrogens with one attached hydrogen (secondary N) is 2. The summed E-state index contributed by atoms with van der Waals surface area (Å²) in [6.45, 7) is 5.30. The summed E-state index contributed by atoms with van der Waals surface area (Å²) >= 11 is 2.95. The molecule has 28 heavy (non-hydrogen) atoms. The van der Waals surface area contributed by atoms with Gasteiger partial charge in [0.2, 0.25) is 5.13 Å². The summed E-state index contributed by atoms with van der Waals surface area (Å²) in [4.78, 5) is 25.8. The molecule has 1 aliphatic rings. The summed E-state index contributed by atoms with van der Waals surface area (Å²) in [5.74, 6) is 0.182. The minimum atomic E-state index is -0.417. The van der Waals surface area contributed by atoms with Crippen LogP contribution in [0.25, 0.3) is 0 Å². The minimum absolute atomic E-state index is 0.0526. The van der Waals surface area contributed by atoms with E-state index in [9.17, 15) is 9.59 Å². The quantitative estimate of drug-likeness (QED) is 0.696. The number of rotatable bonds is 6. The molecule has 146 valence electrons. The van der Waals surface area contributed by atoms with Crippen LogP contribution < -0.4 is 10.6 Å². The molecule has 3 rings (SSSR count). The summed E-state index contributed by atoms with van der Waals surface area (Å²) in [6.07, 6.45) is 0.990. The summed E-state index contributed by atoms with van der Waals surface area (Å²) in [5, 5.41) is 23.1. The second kappa shape index (κ2) is 9.14. The number of hydrogen-bond acceptors (Lipinski definition) is 8. The monoisotopic (exact) mass is 416 g/mol. The first-order chi connectivity index (χ1) is 13.4. The number of aromatic nitrogens is 2. The predicted molar refractivity (Wildman–Crippen MR) is 110 cm³/mol. The lowest BCUT2D eigenvalue weighted by molar-refractivity contribution is -0.121. The highest BCUT2D eigenvalue weighted by Crippen LogP contribution is 2.33. The van der Waals surface area contributed by atoms with Crippen LogP contribution in [0.2, 0.25) is 0 Å². The number of likely N-dealkylation sites (tertiary alicyclic amines) is 1. The number of Topliss-reactive ketones (excluding diaryl/α,β-unsaturated/α-hetero) is 1. The number of amides is 2. The number of carbonyl (C=O) groups excluding carboxylic acids is 2. The normalized spacial score (nSPS) is 17.7. The van der Waals surface area contributed by atoms with Crippen molar-refractivity contribution in [3.63, 3.8) is 0 Å². The summed E-state index contributed by atoms with van der Waals surface area (Å²) in [7, 11) is 0. The zero-order valence-corrected chi connectivity index (χ0v) is 17.1. The lowest BCUT2D eigenvalue weighted by Crippen LogP contribution is -2.36. The van der Waals surface area contributed by atoms with Gasteiger partial charge in [-0.2, -0.15) is 5.26 Å². The Labute approximate surface area is 171 Å². The number of anilines is 2. The average molecular weight is 417 g/mol. The third kappa shape index (κ3) is 5.28. The van der Waals surface area contributed by atoms with Crippen molar-refractivity contribution < 1.29 is 9.59 Å². The number of carbonyl (C=O) groups is 2. The molecule has 10 heteroatoms. The van der Waals surface area contributed by atoms with Crippen LogP contribution in [0.4, 0.5) is 15.6 Å². The van der Waals surface area contributed by atoms with E-state index < -0.39 is 6.03 Å². The first-order valence-electron chi connectivity index (χ1n) is 8.77. The Bertz CT molecular complexity index is 892. The SMILES string of the molecule is CC(=O)C(C)N1CCC(Sc2nnc(NC(=O)Nc3ccc(C#N)cc3)s2)C1. The van der Waals surface area contributed by atoms with Crippen LogP contribution in [-0.2, 0) is 4.79 Å². The van der Waals surface area contributed by atoms with Crippen LogP contribution in [0.3, 0.4) is 0 Å². The standard InChI is InChI=1S/C18H20N6O2S2/c1-11(12(2)25)24-8-7-15(10-24)27-18-23-22-17(28-18)21-16(26)20-14-5-3-13(9-19)4-6-14/h3-6,11,15H,7-8,10H2,1-2H3,(H2,20,21,22,26). The van der Waals surface area contributed by atoms with E-state index in [0.717, 1.165) is 23.8 Å². The number of urea groups is 1. The topological polar surface area (TPSA) is 111 Å². The van der Waals surface area contributed by atoms with Crippen LogP contribution in [0.1, 0.15) is 25.8 Å². The van der Waals surface area contributed by atoms with Gasteiger partial charge in [0.25, 0.3) is 0 Å². The maximum absolute atomic E-state index is 12.1. The minimum Gasteiger partial charge on any atom is -0.308 e. The number of ketones is 1. The molecule has 2 N–H and O–H groups in total. The van der Waals surface area contributed by atoms with Gasteiger partial charge in [-0.3, -0.25) is 15.0 Å². The Balaban J connectivity index is 1.49. The number of hydrogen-bond donors (Lipinski definition) is 2. The van der Waals surface area contributed by atoms with Gasteiger partial charge in [-0.1, -0.05) is 23.1 Å². The maximum atomic E-state index is 12.1. The molecule has 0 aliphatic carbocycles. The molecule has 1 fully saturated rings. The molecule has 0 spiro atoms. The smallest absolute Gasteiger partial charge is 0.308 e. The molecule has 8 nitrogen and oxygen atoms in total. The lowest BCUT2D eigenvalue weighted by Gasteiger charge is -2.21. The fraction of sp³-hybridized carbons (Fsp3) is 0.389. The Kier molecular flexibility index (Phi) is 6.61. The summed E-state index contributed by atoms with van der Waals surface area (Å²) < 4.78 is 0.788. The molecule has 2 atom stereocenters. The first-order valence-corrected chi connectivity index (χ1v) is 10.5. The molecule has 0 bridgehead atoms. The van der Waals surface area contributed by atoms with Gasteiger partial charge in [0.05, 0.1) is 17.7 Å². The van der Waals surface area contributed by atoms with E-state index in [-0.39, 0.29) is 11.8 Å². The molecule has 2 aromatic rings. The molecule has 1 aromatic heterocycles. The van der Waals surface area contributed by atoms with Gasteiger partial charge in [-0.15, -0.1) is 10.2 Å². The summed E-state index contributed by atoms with van der Waals surface area (Å²) in [6, 6.07) is 8.14. The van der Waals surface area contributed by atoms with E-state index in [2.05, 4.69) is 25.7 Å².